The highest BCUT2D eigenvalue weighted by Crippen LogP contribution is 2.11. The Bertz CT molecular complexity index is 541. The predicted molar refractivity (Wildman–Crippen MR) is 60.9 cm³/mol. The number of nitrogens with zero attached hydrogens (tertiary/aromatic N) is 4. The number of aromatic nitrogens is 4. The highest BCUT2D eigenvalue weighted by Gasteiger charge is 2.14. The average Bonchev–Trinajstić information content (AvgIpc) is 2.86. The maximum Gasteiger partial charge on any atom is 0.352 e. The number of aryl methyl sites for hydroxylation is 2. The molecular weight excluding hydrogens is 220 g/mol. The fraction of sp³-hybridized carbons (Fsp3) is 0.364. The van der Waals surface area contributed by atoms with Crippen molar-refractivity contribution in [2.75, 3.05) is 0 Å². The van der Waals surface area contributed by atoms with Gasteiger partial charge in [-0.1, -0.05) is 0 Å². The summed E-state index contributed by atoms with van der Waals surface area (Å²) in [6.07, 6.45) is 3.24. The Morgan fingerprint density at radius 3 is 2.94 bits per heavy atom. The van der Waals surface area contributed by atoms with E-state index in [0.717, 1.165) is 17.9 Å². The van der Waals surface area contributed by atoms with Gasteiger partial charge in [0.1, 0.15) is 17.8 Å². The van der Waals surface area contributed by atoms with Crippen LogP contribution in [0.4, 0.5) is 0 Å². The van der Waals surface area contributed by atoms with Gasteiger partial charge < -0.3 is 9.67 Å². The van der Waals surface area contributed by atoms with E-state index < -0.39 is 5.97 Å². The van der Waals surface area contributed by atoms with E-state index in [9.17, 15) is 4.79 Å². The van der Waals surface area contributed by atoms with Gasteiger partial charge in [-0.2, -0.15) is 5.10 Å². The fourth-order valence-electron chi connectivity index (χ4n) is 1.83. The molecule has 0 atom stereocenters. The fourth-order valence-corrected chi connectivity index (χ4v) is 1.83. The molecule has 0 aliphatic carbocycles. The summed E-state index contributed by atoms with van der Waals surface area (Å²) in [4.78, 5) is 15.3. The molecule has 0 fully saturated rings. The zero-order valence-electron chi connectivity index (χ0n) is 9.79. The smallest absolute Gasteiger partial charge is 0.352 e. The lowest BCUT2D eigenvalue weighted by molar-refractivity contribution is 0.0684. The van der Waals surface area contributed by atoms with Crippen molar-refractivity contribution in [1.29, 1.82) is 0 Å². The Morgan fingerprint density at radius 1 is 1.53 bits per heavy atom. The van der Waals surface area contributed by atoms with Gasteiger partial charge in [-0.15, -0.1) is 0 Å². The second-order valence-corrected chi connectivity index (χ2v) is 3.77. The van der Waals surface area contributed by atoms with E-state index in [1.165, 1.54) is 6.33 Å². The summed E-state index contributed by atoms with van der Waals surface area (Å²) in [5.74, 6) is -0.166. The third-order valence-corrected chi connectivity index (χ3v) is 2.67. The minimum Gasteiger partial charge on any atom is -0.477 e. The molecule has 2 rings (SSSR count). The number of hydrogen-bond acceptors (Lipinski definition) is 3. The highest BCUT2D eigenvalue weighted by molar-refractivity contribution is 5.87. The molecule has 0 spiro atoms. The molecule has 2 aromatic heterocycles. The zero-order valence-corrected chi connectivity index (χ0v) is 9.79. The molecule has 0 aliphatic rings. The Hall–Kier alpha value is -2.11. The zero-order chi connectivity index (χ0) is 12.4. The lowest BCUT2D eigenvalue weighted by atomic mass is 10.3. The van der Waals surface area contributed by atoms with E-state index in [1.807, 2.05) is 6.92 Å². The SMILES string of the molecule is CCn1ncnc1Cn1ccc(C)c1C(=O)O. The van der Waals surface area contributed by atoms with E-state index in [2.05, 4.69) is 10.1 Å². The van der Waals surface area contributed by atoms with Gasteiger partial charge in [0.25, 0.3) is 0 Å². The molecule has 0 unspecified atom stereocenters. The van der Waals surface area contributed by atoms with Crippen molar-refractivity contribution in [3.05, 3.63) is 35.7 Å². The van der Waals surface area contributed by atoms with Gasteiger partial charge in [0.15, 0.2) is 0 Å². The van der Waals surface area contributed by atoms with Crippen molar-refractivity contribution >= 4 is 5.97 Å². The van der Waals surface area contributed by atoms with E-state index in [1.54, 1.807) is 28.4 Å². The molecular formula is C11H14N4O2. The maximum absolute atomic E-state index is 11.1. The van der Waals surface area contributed by atoms with Crippen LogP contribution in [0.2, 0.25) is 0 Å². The molecule has 6 heteroatoms. The molecule has 2 heterocycles. The quantitative estimate of drug-likeness (QED) is 0.861. The number of carbonyl (C=O) groups is 1. The van der Waals surface area contributed by atoms with Crippen molar-refractivity contribution in [1.82, 2.24) is 19.3 Å². The standard InChI is InChI=1S/C11H14N4O2/c1-3-15-9(12-7-13-15)6-14-5-4-8(2)10(14)11(16)17/h4-5,7H,3,6H2,1-2H3,(H,16,17). The third-order valence-electron chi connectivity index (χ3n) is 2.67. The molecule has 17 heavy (non-hydrogen) atoms. The minimum absolute atomic E-state index is 0.302. The van der Waals surface area contributed by atoms with Crippen LogP contribution in [-0.2, 0) is 13.1 Å². The largest absolute Gasteiger partial charge is 0.477 e. The molecule has 0 radical (unpaired) electrons. The summed E-state index contributed by atoms with van der Waals surface area (Å²) in [5.41, 5.74) is 1.05. The summed E-state index contributed by atoms with van der Waals surface area (Å²) in [5, 5.41) is 13.2. The Kier molecular flexibility index (Phi) is 2.95. The van der Waals surface area contributed by atoms with E-state index >= 15 is 0 Å². The molecule has 0 saturated heterocycles. The van der Waals surface area contributed by atoms with Crippen LogP contribution >= 0.6 is 0 Å². The van der Waals surface area contributed by atoms with Gasteiger partial charge in [0.2, 0.25) is 0 Å². The first kappa shape index (κ1) is 11.4. The van der Waals surface area contributed by atoms with Gasteiger partial charge in [0.05, 0.1) is 6.54 Å². The van der Waals surface area contributed by atoms with Crippen molar-refractivity contribution < 1.29 is 9.90 Å². The lowest BCUT2D eigenvalue weighted by Crippen LogP contribution is -2.13. The monoisotopic (exact) mass is 234 g/mol. The van der Waals surface area contributed by atoms with Crippen LogP contribution in [0.5, 0.6) is 0 Å². The molecule has 0 bridgehead atoms. The Labute approximate surface area is 98.5 Å². The van der Waals surface area contributed by atoms with E-state index in [-0.39, 0.29) is 0 Å². The Balaban J connectivity index is 2.33. The van der Waals surface area contributed by atoms with Gasteiger partial charge in [0, 0.05) is 12.7 Å². The van der Waals surface area contributed by atoms with Crippen LogP contribution in [0.3, 0.4) is 0 Å². The first-order valence-electron chi connectivity index (χ1n) is 5.39. The summed E-state index contributed by atoms with van der Waals surface area (Å²) >= 11 is 0. The van der Waals surface area contributed by atoms with Crippen LogP contribution < -0.4 is 0 Å². The normalized spacial score (nSPS) is 10.7. The summed E-state index contributed by atoms with van der Waals surface area (Å²) in [6.45, 7) is 4.89. The average molecular weight is 234 g/mol. The summed E-state index contributed by atoms with van der Waals surface area (Å²) < 4.78 is 3.43. The molecule has 1 N–H and O–H groups in total. The van der Waals surface area contributed by atoms with Crippen LogP contribution in [-0.4, -0.2) is 30.4 Å². The summed E-state index contributed by atoms with van der Waals surface area (Å²) in [7, 11) is 0. The molecule has 0 aliphatic heterocycles. The minimum atomic E-state index is -0.921. The van der Waals surface area contributed by atoms with Gasteiger partial charge in [-0.3, -0.25) is 0 Å². The highest BCUT2D eigenvalue weighted by atomic mass is 16.4. The molecule has 0 amide bonds. The topological polar surface area (TPSA) is 72.9 Å². The maximum atomic E-state index is 11.1. The predicted octanol–water partition coefficient (Wildman–Crippen LogP) is 1.15. The van der Waals surface area contributed by atoms with Gasteiger partial charge in [-0.05, 0) is 25.5 Å². The van der Waals surface area contributed by atoms with Crippen LogP contribution in [0.15, 0.2) is 18.6 Å². The molecule has 0 aromatic carbocycles. The van der Waals surface area contributed by atoms with Crippen LogP contribution in [0.25, 0.3) is 0 Å². The molecule has 90 valence electrons. The molecule has 6 nitrogen and oxygen atoms in total. The van der Waals surface area contributed by atoms with Crippen LogP contribution in [0.1, 0.15) is 28.8 Å². The van der Waals surface area contributed by atoms with Crippen LogP contribution in [0, 0.1) is 6.92 Å². The third kappa shape index (κ3) is 2.06. The molecule has 0 saturated carbocycles. The molecule has 2 aromatic rings. The lowest BCUT2D eigenvalue weighted by Gasteiger charge is -2.07. The van der Waals surface area contributed by atoms with Crippen molar-refractivity contribution in [3.8, 4) is 0 Å². The van der Waals surface area contributed by atoms with Crippen molar-refractivity contribution in [2.45, 2.75) is 26.9 Å². The summed E-state index contributed by atoms with van der Waals surface area (Å²) in [6, 6.07) is 1.79. The Morgan fingerprint density at radius 2 is 2.29 bits per heavy atom. The van der Waals surface area contributed by atoms with E-state index in [4.69, 9.17) is 5.11 Å². The van der Waals surface area contributed by atoms with E-state index in [0.29, 0.717) is 12.2 Å². The first-order chi connectivity index (χ1) is 8.13. The number of carboxylic acids is 1. The number of hydrogen-bond donors (Lipinski definition) is 1. The van der Waals surface area contributed by atoms with Gasteiger partial charge >= 0.3 is 5.97 Å². The van der Waals surface area contributed by atoms with Gasteiger partial charge in [-0.25, -0.2) is 14.5 Å². The second kappa shape index (κ2) is 4.40. The first-order valence-corrected chi connectivity index (χ1v) is 5.39. The number of rotatable bonds is 4. The second-order valence-electron chi connectivity index (χ2n) is 3.77. The van der Waals surface area contributed by atoms with Crippen molar-refractivity contribution in [2.24, 2.45) is 0 Å². The number of aromatic carboxylic acids is 1. The van der Waals surface area contributed by atoms with Crippen molar-refractivity contribution in [3.63, 3.8) is 0 Å². The number of carboxylic acid groups (broad SMARTS) is 1.